The number of anilines is 1. The van der Waals surface area contributed by atoms with Gasteiger partial charge in [0.2, 0.25) is 0 Å². The molecule has 146 valence electrons. The summed E-state index contributed by atoms with van der Waals surface area (Å²) in [7, 11) is 3.15. The van der Waals surface area contributed by atoms with Crippen LogP contribution in [0.5, 0.6) is 17.2 Å². The van der Waals surface area contributed by atoms with E-state index in [4.69, 9.17) is 14.2 Å². The first-order valence-electron chi connectivity index (χ1n) is 9.05. The molecule has 0 saturated heterocycles. The number of rotatable bonds is 5. The van der Waals surface area contributed by atoms with Gasteiger partial charge in [-0.2, -0.15) is 0 Å². The van der Waals surface area contributed by atoms with Crippen LogP contribution < -0.4 is 19.5 Å². The standard InChI is InChI=1S/C23H25NO4/c1-15-14-23(2,3)24-19-9-8-17(13-18(15)19)28-22(25)11-7-16-6-10-20(26-4)21(12-16)27-5/h6-14,24H,1-5H3. The summed E-state index contributed by atoms with van der Waals surface area (Å²) >= 11 is 0. The molecule has 5 nitrogen and oxygen atoms in total. The highest BCUT2D eigenvalue weighted by atomic mass is 16.5. The topological polar surface area (TPSA) is 56.8 Å². The summed E-state index contributed by atoms with van der Waals surface area (Å²) in [5.41, 5.74) is 3.93. The van der Waals surface area contributed by atoms with Gasteiger partial charge in [-0.25, -0.2) is 4.79 Å². The number of hydrogen-bond acceptors (Lipinski definition) is 5. The Kier molecular flexibility index (Phi) is 5.45. The van der Waals surface area contributed by atoms with Gasteiger partial charge in [0.05, 0.1) is 19.8 Å². The zero-order valence-corrected chi connectivity index (χ0v) is 16.8. The minimum Gasteiger partial charge on any atom is -0.493 e. The van der Waals surface area contributed by atoms with Crippen molar-refractivity contribution >= 4 is 23.3 Å². The minimum atomic E-state index is -0.444. The Bertz CT molecular complexity index is 957. The third kappa shape index (κ3) is 4.36. The van der Waals surface area contributed by atoms with Gasteiger partial charge in [-0.05, 0) is 68.3 Å². The highest BCUT2D eigenvalue weighted by Gasteiger charge is 2.22. The van der Waals surface area contributed by atoms with Crippen LogP contribution in [0.25, 0.3) is 11.6 Å². The SMILES string of the molecule is COc1ccc(C=CC(=O)Oc2ccc3c(c2)C(C)=CC(C)(C)N3)cc1OC. The number of fused-ring (bicyclic) bond motifs is 1. The molecule has 0 saturated carbocycles. The van der Waals surface area contributed by atoms with E-state index in [-0.39, 0.29) is 5.54 Å². The lowest BCUT2D eigenvalue weighted by molar-refractivity contribution is -0.128. The number of benzene rings is 2. The average molecular weight is 379 g/mol. The quantitative estimate of drug-likeness (QED) is 0.453. The molecule has 0 amide bonds. The molecule has 0 unspecified atom stereocenters. The fraction of sp³-hybridized carbons (Fsp3) is 0.261. The summed E-state index contributed by atoms with van der Waals surface area (Å²) in [6, 6.07) is 11.0. The molecular formula is C23H25NO4. The van der Waals surface area contributed by atoms with Crippen molar-refractivity contribution in [1.82, 2.24) is 0 Å². The van der Waals surface area contributed by atoms with Crippen LogP contribution in [0.3, 0.4) is 0 Å². The molecule has 0 aliphatic carbocycles. The maximum Gasteiger partial charge on any atom is 0.336 e. The molecule has 0 fully saturated rings. The van der Waals surface area contributed by atoms with Crippen molar-refractivity contribution in [3.63, 3.8) is 0 Å². The Morgan fingerprint density at radius 1 is 1.04 bits per heavy atom. The van der Waals surface area contributed by atoms with Gasteiger partial charge in [-0.15, -0.1) is 0 Å². The second-order valence-corrected chi connectivity index (χ2v) is 7.25. The third-order valence-electron chi connectivity index (χ3n) is 4.49. The van der Waals surface area contributed by atoms with E-state index in [2.05, 4.69) is 32.2 Å². The van der Waals surface area contributed by atoms with Crippen LogP contribution in [-0.4, -0.2) is 25.7 Å². The number of carbonyl (C=O) groups is 1. The number of allylic oxidation sites excluding steroid dienone is 1. The molecule has 2 aromatic rings. The van der Waals surface area contributed by atoms with Crippen molar-refractivity contribution in [1.29, 1.82) is 0 Å². The van der Waals surface area contributed by atoms with Crippen LogP contribution in [-0.2, 0) is 4.79 Å². The predicted molar refractivity (Wildman–Crippen MR) is 112 cm³/mol. The first kappa shape index (κ1) is 19.5. The lowest BCUT2D eigenvalue weighted by Crippen LogP contribution is -2.31. The number of methoxy groups -OCH3 is 2. The van der Waals surface area contributed by atoms with Crippen LogP contribution in [0.4, 0.5) is 5.69 Å². The van der Waals surface area contributed by atoms with Crippen LogP contribution in [0.2, 0.25) is 0 Å². The lowest BCUT2D eigenvalue weighted by atomic mass is 9.91. The second kappa shape index (κ2) is 7.80. The summed E-state index contributed by atoms with van der Waals surface area (Å²) in [6.07, 6.45) is 5.24. The van der Waals surface area contributed by atoms with E-state index in [1.165, 1.54) is 6.08 Å². The van der Waals surface area contributed by atoms with E-state index in [1.807, 2.05) is 18.2 Å². The van der Waals surface area contributed by atoms with Crippen LogP contribution in [0.1, 0.15) is 31.9 Å². The first-order valence-corrected chi connectivity index (χ1v) is 9.05. The van der Waals surface area contributed by atoms with Crippen molar-refractivity contribution in [2.75, 3.05) is 19.5 Å². The van der Waals surface area contributed by atoms with Gasteiger partial charge in [-0.3, -0.25) is 0 Å². The minimum absolute atomic E-state index is 0.0998. The van der Waals surface area contributed by atoms with Crippen molar-refractivity contribution in [2.45, 2.75) is 26.3 Å². The monoisotopic (exact) mass is 379 g/mol. The van der Waals surface area contributed by atoms with Gasteiger partial charge < -0.3 is 19.5 Å². The van der Waals surface area contributed by atoms with Crippen LogP contribution >= 0.6 is 0 Å². The summed E-state index contributed by atoms with van der Waals surface area (Å²) in [4.78, 5) is 12.2. The average Bonchev–Trinajstić information content (AvgIpc) is 2.66. The van der Waals surface area contributed by atoms with Gasteiger partial charge >= 0.3 is 5.97 Å². The molecule has 1 aliphatic heterocycles. The van der Waals surface area contributed by atoms with E-state index in [1.54, 1.807) is 38.5 Å². The smallest absolute Gasteiger partial charge is 0.336 e. The van der Waals surface area contributed by atoms with Gasteiger partial charge in [-0.1, -0.05) is 12.1 Å². The number of esters is 1. The molecule has 1 N–H and O–H groups in total. The predicted octanol–water partition coefficient (Wildman–Crippen LogP) is 4.93. The van der Waals surface area contributed by atoms with Gasteiger partial charge in [0.15, 0.2) is 11.5 Å². The van der Waals surface area contributed by atoms with Gasteiger partial charge in [0, 0.05) is 17.3 Å². The number of nitrogens with one attached hydrogen (secondary N) is 1. The second-order valence-electron chi connectivity index (χ2n) is 7.25. The third-order valence-corrected chi connectivity index (χ3v) is 4.49. The van der Waals surface area contributed by atoms with E-state index >= 15 is 0 Å². The van der Waals surface area contributed by atoms with Crippen molar-refractivity contribution in [2.24, 2.45) is 0 Å². The molecule has 0 aromatic heterocycles. The lowest BCUT2D eigenvalue weighted by Gasteiger charge is -2.31. The van der Waals surface area contributed by atoms with Crippen molar-refractivity contribution in [3.05, 3.63) is 59.7 Å². The fourth-order valence-corrected chi connectivity index (χ4v) is 3.30. The Hall–Kier alpha value is -3.21. The summed E-state index contributed by atoms with van der Waals surface area (Å²) in [5.74, 6) is 1.30. The van der Waals surface area contributed by atoms with E-state index < -0.39 is 5.97 Å². The van der Waals surface area contributed by atoms with E-state index in [0.717, 1.165) is 22.4 Å². The summed E-state index contributed by atoms with van der Waals surface area (Å²) in [5, 5.41) is 3.46. The molecule has 5 heteroatoms. The highest BCUT2D eigenvalue weighted by Crippen LogP contribution is 2.35. The Morgan fingerprint density at radius 2 is 1.79 bits per heavy atom. The number of hydrogen-bond donors (Lipinski definition) is 1. The molecule has 0 spiro atoms. The molecular weight excluding hydrogens is 354 g/mol. The maximum atomic E-state index is 12.2. The molecule has 0 radical (unpaired) electrons. The normalized spacial score (nSPS) is 14.7. The molecule has 1 heterocycles. The van der Waals surface area contributed by atoms with E-state index in [0.29, 0.717) is 17.2 Å². The fourth-order valence-electron chi connectivity index (χ4n) is 3.30. The van der Waals surface area contributed by atoms with Crippen molar-refractivity contribution < 1.29 is 19.0 Å². The molecule has 2 aromatic carbocycles. The summed E-state index contributed by atoms with van der Waals surface area (Å²) < 4.78 is 16.0. The Balaban J connectivity index is 1.72. The first-order chi connectivity index (χ1) is 13.3. The molecule has 1 aliphatic rings. The Labute approximate surface area is 165 Å². The Morgan fingerprint density at radius 3 is 2.50 bits per heavy atom. The maximum absolute atomic E-state index is 12.2. The largest absolute Gasteiger partial charge is 0.493 e. The van der Waals surface area contributed by atoms with Crippen LogP contribution in [0, 0.1) is 0 Å². The number of carbonyl (C=O) groups excluding carboxylic acids is 1. The molecule has 0 atom stereocenters. The van der Waals surface area contributed by atoms with Crippen molar-refractivity contribution in [3.8, 4) is 17.2 Å². The molecule has 28 heavy (non-hydrogen) atoms. The van der Waals surface area contributed by atoms with E-state index in [9.17, 15) is 4.79 Å². The molecule has 3 rings (SSSR count). The van der Waals surface area contributed by atoms with Crippen LogP contribution in [0.15, 0.2) is 48.6 Å². The highest BCUT2D eigenvalue weighted by molar-refractivity contribution is 5.89. The van der Waals surface area contributed by atoms with Gasteiger partial charge in [0.1, 0.15) is 5.75 Å². The molecule has 0 bridgehead atoms. The summed E-state index contributed by atoms with van der Waals surface area (Å²) in [6.45, 7) is 6.29. The van der Waals surface area contributed by atoms with Gasteiger partial charge in [0.25, 0.3) is 0 Å². The zero-order valence-electron chi connectivity index (χ0n) is 16.8. The zero-order chi connectivity index (χ0) is 20.3. The number of ether oxygens (including phenoxy) is 3.